The molecule has 1 amide bonds. The molecule has 0 bridgehead atoms. The predicted molar refractivity (Wildman–Crippen MR) is 128 cm³/mol. The van der Waals surface area contributed by atoms with Crippen LogP contribution in [0.15, 0.2) is 71.4 Å². The van der Waals surface area contributed by atoms with Gasteiger partial charge in [-0.25, -0.2) is 4.39 Å². The minimum Gasteiger partial charge on any atom is -0.497 e. The van der Waals surface area contributed by atoms with Crippen LogP contribution in [0.25, 0.3) is 27.7 Å². The third kappa shape index (κ3) is 4.60. The molecule has 0 saturated carbocycles. The molecule has 4 aromatic rings. The highest BCUT2D eigenvalue weighted by molar-refractivity contribution is 6.05. The van der Waals surface area contributed by atoms with E-state index < -0.39 is 0 Å². The molecule has 0 saturated heterocycles. The summed E-state index contributed by atoms with van der Waals surface area (Å²) in [5.41, 5.74) is 4.94. The number of aryl methyl sites for hydroxylation is 1. The van der Waals surface area contributed by atoms with E-state index in [1.807, 2.05) is 43.3 Å². The number of allylic oxidation sites excluding steroid dienone is 1. The van der Waals surface area contributed by atoms with Gasteiger partial charge in [0.1, 0.15) is 22.9 Å². The first-order valence-electron chi connectivity index (χ1n) is 10.4. The summed E-state index contributed by atoms with van der Waals surface area (Å²) in [6.07, 6.45) is 3.17. The normalized spacial score (nSPS) is 11.5. The minimum atomic E-state index is -0.369. The van der Waals surface area contributed by atoms with Crippen LogP contribution in [-0.2, 0) is 4.79 Å². The van der Waals surface area contributed by atoms with Crippen LogP contribution in [0.1, 0.15) is 18.1 Å². The maximum Gasteiger partial charge on any atom is 0.248 e. The molecule has 1 heterocycles. The SMILES string of the molecule is COc1ccc(-c2coc3cc(OC)c(/C(C)=C/C(=O)Nc4ccc(C)c(F)c4)cc23)cc1. The number of fused-ring (bicyclic) bond motifs is 1. The molecule has 3 aromatic carbocycles. The van der Waals surface area contributed by atoms with Crippen molar-refractivity contribution < 1.29 is 23.1 Å². The number of rotatable bonds is 6. The highest BCUT2D eigenvalue weighted by Crippen LogP contribution is 2.37. The highest BCUT2D eigenvalue weighted by Gasteiger charge is 2.15. The highest BCUT2D eigenvalue weighted by atomic mass is 19.1. The van der Waals surface area contributed by atoms with E-state index in [4.69, 9.17) is 13.9 Å². The molecule has 0 radical (unpaired) electrons. The summed E-state index contributed by atoms with van der Waals surface area (Å²) in [7, 11) is 3.20. The lowest BCUT2D eigenvalue weighted by Gasteiger charge is -2.10. The zero-order valence-corrected chi connectivity index (χ0v) is 18.9. The number of amides is 1. The summed E-state index contributed by atoms with van der Waals surface area (Å²) in [6.45, 7) is 3.50. The van der Waals surface area contributed by atoms with Crippen molar-refractivity contribution in [3.05, 3.63) is 83.9 Å². The second-order valence-electron chi connectivity index (χ2n) is 7.71. The molecule has 0 aliphatic heterocycles. The predicted octanol–water partition coefficient (Wildman–Crippen LogP) is 6.61. The van der Waals surface area contributed by atoms with Gasteiger partial charge in [0.15, 0.2) is 0 Å². The number of hydrogen-bond acceptors (Lipinski definition) is 4. The zero-order valence-electron chi connectivity index (χ0n) is 18.9. The van der Waals surface area contributed by atoms with Gasteiger partial charge in [-0.3, -0.25) is 4.79 Å². The fourth-order valence-electron chi connectivity index (χ4n) is 3.65. The van der Waals surface area contributed by atoms with Crippen LogP contribution in [0.4, 0.5) is 10.1 Å². The first kappa shape index (κ1) is 22.1. The molecule has 0 unspecified atom stereocenters. The average molecular weight is 445 g/mol. The average Bonchev–Trinajstić information content (AvgIpc) is 3.23. The number of hydrogen-bond donors (Lipinski definition) is 1. The van der Waals surface area contributed by atoms with Crippen molar-refractivity contribution in [2.24, 2.45) is 0 Å². The molecule has 5 nitrogen and oxygen atoms in total. The van der Waals surface area contributed by atoms with E-state index >= 15 is 0 Å². The molecular formula is C27H24FNO4. The standard InChI is InChI=1S/C27H24FNO4/c1-16-5-8-19(12-24(16)28)29-27(30)11-17(2)21-13-22-23(15-33-26(22)14-25(21)32-4)18-6-9-20(31-3)10-7-18/h5-15H,1-4H3,(H,29,30)/b17-11+. The first-order chi connectivity index (χ1) is 15.9. The number of nitrogens with one attached hydrogen (secondary N) is 1. The molecule has 1 aromatic heterocycles. The van der Waals surface area contributed by atoms with E-state index in [0.29, 0.717) is 28.2 Å². The molecule has 1 N–H and O–H groups in total. The fraction of sp³-hybridized carbons (Fsp3) is 0.148. The van der Waals surface area contributed by atoms with Crippen molar-refractivity contribution in [3.8, 4) is 22.6 Å². The Kier molecular flexibility index (Phi) is 6.18. The number of ether oxygens (including phenoxy) is 2. The lowest BCUT2D eigenvalue weighted by Crippen LogP contribution is -2.09. The van der Waals surface area contributed by atoms with Crippen LogP contribution in [0.3, 0.4) is 0 Å². The number of carbonyl (C=O) groups excluding carboxylic acids is 1. The Balaban J connectivity index is 1.68. The van der Waals surface area contributed by atoms with E-state index in [1.165, 1.54) is 12.1 Å². The van der Waals surface area contributed by atoms with Crippen LogP contribution in [0.5, 0.6) is 11.5 Å². The van der Waals surface area contributed by atoms with Crippen LogP contribution < -0.4 is 14.8 Å². The molecule has 4 rings (SSSR count). The fourth-order valence-corrected chi connectivity index (χ4v) is 3.65. The van der Waals surface area contributed by atoms with E-state index in [-0.39, 0.29) is 11.7 Å². The third-order valence-corrected chi connectivity index (χ3v) is 5.51. The van der Waals surface area contributed by atoms with Crippen molar-refractivity contribution >= 4 is 28.1 Å². The van der Waals surface area contributed by atoms with Crippen molar-refractivity contribution in [3.63, 3.8) is 0 Å². The maximum atomic E-state index is 13.8. The van der Waals surface area contributed by atoms with Gasteiger partial charge in [0.25, 0.3) is 0 Å². The number of anilines is 1. The molecule has 0 atom stereocenters. The van der Waals surface area contributed by atoms with Crippen molar-refractivity contribution in [1.29, 1.82) is 0 Å². The van der Waals surface area contributed by atoms with Crippen LogP contribution in [-0.4, -0.2) is 20.1 Å². The van der Waals surface area contributed by atoms with Gasteiger partial charge in [0, 0.05) is 34.3 Å². The number of benzene rings is 3. The smallest absolute Gasteiger partial charge is 0.248 e. The first-order valence-corrected chi connectivity index (χ1v) is 10.4. The largest absolute Gasteiger partial charge is 0.497 e. The lowest BCUT2D eigenvalue weighted by atomic mass is 9.99. The molecule has 0 aliphatic carbocycles. The van der Waals surface area contributed by atoms with Gasteiger partial charge in [0.05, 0.1) is 20.5 Å². The van der Waals surface area contributed by atoms with Gasteiger partial charge < -0.3 is 19.2 Å². The topological polar surface area (TPSA) is 60.7 Å². The van der Waals surface area contributed by atoms with Gasteiger partial charge in [-0.15, -0.1) is 0 Å². The minimum absolute atomic E-state index is 0.361. The van der Waals surface area contributed by atoms with Gasteiger partial charge in [-0.05, 0) is 60.9 Å². The summed E-state index contributed by atoms with van der Waals surface area (Å²) < 4.78 is 30.4. The number of carbonyl (C=O) groups is 1. The summed E-state index contributed by atoms with van der Waals surface area (Å²) in [5.74, 6) is 0.625. The summed E-state index contributed by atoms with van der Waals surface area (Å²) in [6, 6.07) is 16.0. The Morgan fingerprint density at radius 2 is 1.79 bits per heavy atom. The molecule has 0 aliphatic rings. The maximum absolute atomic E-state index is 13.8. The molecule has 6 heteroatoms. The van der Waals surface area contributed by atoms with Gasteiger partial charge in [0.2, 0.25) is 5.91 Å². The van der Waals surface area contributed by atoms with Gasteiger partial charge in [-0.1, -0.05) is 18.2 Å². The Morgan fingerprint density at radius 3 is 2.45 bits per heavy atom. The van der Waals surface area contributed by atoms with E-state index in [0.717, 1.165) is 27.8 Å². The van der Waals surface area contributed by atoms with E-state index in [2.05, 4.69) is 5.32 Å². The van der Waals surface area contributed by atoms with E-state index in [9.17, 15) is 9.18 Å². The quantitative estimate of drug-likeness (QED) is 0.339. The van der Waals surface area contributed by atoms with Crippen molar-refractivity contribution in [1.82, 2.24) is 0 Å². The third-order valence-electron chi connectivity index (χ3n) is 5.51. The molecule has 168 valence electrons. The Morgan fingerprint density at radius 1 is 1.03 bits per heavy atom. The second-order valence-corrected chi connectivity index (χ2v) is 7.71. The van der Waals surface area contributed by atoms with Crippen LogP contribution in [0.2, 0.25) is 0 Å². The van der Waals surface area contributed by atoms with Crippen LogP contribution in [0, 0.1) is 12.7 Å². The summed E-state index contributed by atoms with van der Waals surface area (Å²) >= 11 is 0. The van der Waals surface area contributed by atoms with Crippen molar-refractivity contribution in [2.75, 3.05) is 19.5 Å². The van der Waals surface area contributed by atoms with Crippen molar-refractivity contribution in [2.45, 2.75) is 13.8 Å². The van der Waals surface area contributed by atoms with Crippen LogP contribution >= 0.6 is 0 Å². The number of furan rings is 1. The zero-order chi connectivity index (χ0) is 23.5. The van der Waals surface area contributed by atoms with E-state index in [1.54, 1.807) is 39.5 Å². The summed E-state index contributed by atoms with van der Waals surface area (Å²) in [4.78, 5) is 12.6. The molecule has 0 fully saturated rings. The Labute approximate surface area is 191 Å². The number of halogens is 1. The molecule has 0 spiro atoms. The number of methoxy groups -OCH3 is 2. The Hall–Kier alpha value is -4.06. The van der Waals surface area contributed by atoms with Gasteiger partial charge >= 0.3 is 0 Å². The summed E-state index contributed by atoms with van der Waals surface area (Å²) in [5, 5.41) is 3.60. The Bertz CT molecular complexity index is 1350. The van der Waals surface area contributed by atoms with Gasteiger partial charge in [-0.2, -0.15) is 0 Å². The molecule has 33 heavy (non-hydrogen) atoms. The molecular weight excluding hydrogens is 421 g/mol. The second kappa shape index (κ2) is 9.20. The monoisotopic (exact) mass is 445 g/mol. The lowest BCUT2D eigenvalue weighted by molar-refractivity contribution is -0.111.